The summed E-state index contributed by atoms with van der Waals surface area (Å²) >= 11 is 0. The molecule has 10 heteroatoms. The van der Waals surface area contributed by atoms with E-state index in [9.17, 15) is 24.0 Å². The monoisotopic (exact) mass is 453 g/mol. The quantitative estimate of drug-likeness (QED) is 0.586. The molecule has 0 aliphatic carbocycles. The predicted molar refractivity (Wildman–Crippen MR) is 116 cm³/mol. The smallest absolute Gasteiger partial charge is 0.262 e. The highest BCUT2D eigenvalue weighted by Gasteiger charge is 2.45. The lowest BCUT2D eigenvalue weighted by Crippen LogP contribution is -2.55. The number of fused-ring (bicyclic) bond motifs is 1. The molecule has 3 fully saturated rings. The van der Waals surface area contributed by atoms with Crippen LogP contribution in [0.15, 0.2) is 18.2 Å². The fraction of sp³-hybridized carbons (Fsp3) is 0.522. The third-order valence-electron chi connectivity index (χ3n) is 7.07. The van der Waals surface area contributed by atoms with Crippen LogP contribution in [0.5, 0.6) is 0 Å². The van der Waals surface area contributed by atoms with E-state index in [0.29, 0.717) is 19.6 Å². The number of hydrogen-bond donors (Lipinski definition) is 2. The van der Waals surface area contributed by atoms with E-state index in [1.54, 1.807) is 18.2 Å². The summed E-state index contributed by atoms with van der Waals surface area (Å²) in [5.41, 5.74) is 7.34. The fourth-order valence-electron chi connectivity index (χ4n) is 5.11. The molecule has 1 aromatic carbocycles. The Kier molecular flexibility index (Phi) is 5.49. The van der Waals surface area contributed by atoms with Gasteiger partial charge in [0.05, 0.1) is 17.0 Å². The normalized spacial score (nSPS) is 24.7. The number of benzene rings is 1. The molecule has 5 rings (SSSR count). The molecule has 1 atom stereocenters. The number of imide groups is 2. The van der Waals surface area contributed by atoms with Crippen molar-refractivity contribution in [3.63, 3.8) is 0 Å². The molecule has 0 spiro atoms. The number of piperidine rings is 2. The maximum Gasteiger partial charge on any atom is 0.262 e. The summed E-state index contributed by atoms with van der Waals surface area (Å²) in [7, 11) is 0. The highest BCUT2D eigenvalue weighted by Crippen LogP contribution is 2.29. The third kappa shape index (κ3) is 3.93. The largest absolute Gasteiger partial charge is 0.342 e. The van der Waals surface area contributed by atoms with Gasteiger partial charge in [-0.3, -0.25) is 39.1 Å². The summed E-state index contributed by atoms with van der Waals surface area (Å²) in [4.78, 5) is 67.1. The molecule has 1 aromatic rings. The zero-order valence-corrected chi connectivity index (χ0v) is 18.3. The molecule has 5 amide bonds. The van der Waals surface area contributed by atoms with Crippen molar-refractivity contribution in [2.45, 2.75) is 44.3 Å². The van der Waals surface area contributed by atoms with E-state index >= 15 is 0 Å². The van der Waals surface area contributed by atoms with Gasteiger partial charge in [0.25, 0.3) is 11.8 Å². The van der Waals surface area contributed by atoms with E-state index in [1.807, 2.05) is 4.90 Å². The van der Waals surface area contributed by atoms with E-state index in [0.717, 1.165) is 36.4 Å². The van der Waals surface area contributed by atoms with Crippen LogP contribution in [-0.2, 0) is 20.9 Å². The average Bonchev–Trinajstić information content (AvgIpc) is 3.00. The topological polar surface area (TPSA) is 133 Å². The molecule has 4 heterocycles. The van der Waals surface area contributed by atoms with Crippen LogP contribution >= 0.6 is 0 Å². The number of rotatable bonds is 4. The summed E-state index contributed by atoms with van der Waals surface area (Å²) in [5, 5.41) is 2.20. The summed E-state index contributed by atoms with van der Waals surface area (Å²) in [6.45, 7) is 3.34. The van der Waals surface area contributed by atoms with Gasteiger partial charge in [0.15, 0.2) is 0 Å². The van der Waals surface area contributed by atoms with Crippen LogP contribution in [-0.4, -0.2) is 82.5 Å². The number of nitrogens with zero attached hydrogens (tertiary/aromatic N) is 3. The fourth-order valence-corrected chi connectivity index (χ4v) is 5.11. The molecule has 1 unspecified atom stereocenters. The Morgan fingerprint density at radius 3 is 2.39 bits per heavy atom. The van der Waals surface area contributed by atoms with Crippen molar-refractivity contribution in [2.75, 3.05) is 26.2 Å². The van der Waals surface area contributed by atoms with Gasteiger partial charge in [-0.15, -0.1) is 0 Å². The molecule has 33 heavy (non-hydrogen) atoms. The van der Waals surface area contributed by atoms with Gasteiger partial charge >= 0.3 is 0 Å². The Labute approximate surface area is 191 Å². The molecule has 4 aliphatic heterocycles. The van der Waals surface area contributed by atoms with E-state index < -0.39 is 29.7 Å². The number of amides is 5. The van der Waals surface area contributed by atoms with Gasteiger partial charge in [0, 0.05) is 45.2 Å². The number of nitrogens with one attached hydrogen (secondary N) is 1. The van der Waals surface area contributed by atoms with Crippen molar-refractivity contribution < 1.29 is 24.0 Å². The summed E-state index contributed by atoms with van der Waals surface area (Å²) in [6.07, 6.45) is 1.92. The predicted octanol–water partition coefficient (Wildman–Crippen LogP) is -0.531. The first-order valence-electron chi connectivity index (χ1n) is 11.4. The zero-order chi connectivity index (χ0) is 23.3. The molecular formula is C23H27N5O5. The van der Waals surface area contributed by atoms with Crippen LogP contribution in [0.2, 0.25) is 0 Å². The second-order valence-electron chi connectivity index (χ2n) is 9.38. The van der Waals surface area contributed by atoms with Crippen molar-refractivity contribution in [2.24, 2.45) is 11.7 Å². The average molecular weight is 453 g/mol. The first-order valence-corrected chi connectivity index (χ1v) is 11.4. The van der Waals surface area contributed by atoms with E-state index in [4.69, 9.17) is 5.73 Å². The van der Waals surface area contributed by atoms with Crippen molar-refractivity contribution in [3.05, 3.63) is 34.9 Å². The van der Waals surface area contributed by atoms with Crippen LogP contribution in [0.25, 0.3) is 0 Å². The summed E-state index contributed by atoms with van der Waals surface area (Å²) < 4.78 is 0. The molecule has 10 nitrogen and oxygen atoms in total. The van der Waals surface area contributed by atoms with Gasteiger partial charge in [0.1, 0.15) is 6.04 Å². The highest BCUT2D eigenvalue weighted by molar-refractivity contribution is 6.23. The van der Waals surface area contributed by atoms with Gasteiger partial charge in [-0.2, -0.15) is 0 Å². The van der Waals surface area contributed by atoms with Crippen LogP contribution in [0.1, 0.15) is 52.0 Å². The van der Waals surface area contributed by atoms with Crippen LogP contribution in [0.4, 0.5) is 0 Å². The number of carbonyl (C=O) groups is 5. The van der Waals surface area contributed by atoms with Crippen molar-refractivity contribution in [3.8, 4) is 0 Å². The second kappa shape index (κ2) is 8.35. The lowest BCUT2D eigenvalue weighted by Gasteiger charge is -2.42. The minimum Gasteiger partial charge on any atom is -0.342 e. The molecule has 174 valence electrons. The summed E-state index contributed by atoms with van der Waals surface area (Å²) in [6, 6.07) is 4.34. The van der Waals surface area contributed by atoms with Gasteiger partial charge in [0.2, 0.25) is 17.7 Å². The van der Waals surface area contributed by atoms with Crippen LogP contribution in [0.3, 0.4) is 0 Å². The maximum absolute atomic E-state index is 13.0. The molecule has 4 aliphatic rings. The van der Waals surface area contributed by atoms with Crippen LogP contribution in [0, 0.1) is 5.92 Å². The molecule has 3 saturated heterocycles. The lowest BCUT2D eigenvalue weighted by molar-refractivity contribution is -0.142. The number of likely N-dealkylation sites (tertiary alicyclic amines) is 2. The van der Waals surface area contributed by atoms with E-state index in [1.165, 1.54) is 0 Å². The molecule has 0 saturated carbocycles. The van der Waals surface area contributed by atoms with Crippen molar-refractivity contribution >= 4 is 29.5 Å². The standard InChI is InChI=1S/C23H27N5O5/c24-15-5-7-27(8-6-15)21(31)14-11-26(12-14)10-13-1-2-16-17(9-13)23(33)28(22(16)32)18-3-4-19(29)25-20(18)30/h1-2,9,14-15,18H,3-8,10-12,24H2,(H,25,29,30). The van der Waals surface area contributed by atoms with Crippen molar-refractivity contribution in [1.82, 2.24) is 20.0 Å². The molecule has 0 aromatic heterocycles. The van der Waals surface area contributed by atoms with Gasteiger partial charge in [-0.05, 0) is 37.0 Å². The second-order valence-corrected chi connectivity index (χ2v) is 9.38. The number of hydrogen-bond acceptors (Lipinski definition) is 7. The first-order chi connectivity index (χ1) is 15.8. The minimum absolute atomic E-state index is 0.0139. The SMILES string of the molecule is NC1CCN(C(=O)C2CN(Cc3ccc4c(c3)C(=O)N(C3CCC(=O)NC3=O)C4=O)C2)CC1. The van der Waals surface area contributed by atoms with Gasteiger partial charge < -0.3 is 10.6 Å². The van der Waals surface area contributed by atoms with E-state index in [2.05, 4.69) is 10.2 Å². The highest BCUT2D eigenvalue weighted by atomic mass is 16.2. The minimum atomic E-state index is -0.968. The Hall–Kier alpha value is -3.11. The van der Waals surface area contributed by atoms with E-state index in [-0.39, 0.29) is 41.8 Å². The molecule has 0 bridgehead atoms. The van der Waals surface area contributed by atoms with Crippen molar-refractivity contribution in [1.29, 1.82) is 0 Å². The Morgan fingerprint density at radius 1 is 1.00 bits per heavy atom. The molecule has 3 N–H and O–H groups in total. The summed E-state index contributed by atoms with van der Waals surface area (Å²) in [5.74, 6) is -1.86. The zero-order valence-electron chi connectivity index (χ0n) is 18.3. The number of nitrogens with two attached hydrogens (primary N) is 1. The third-order valence-corrected chi connectivity index (χ3v) is 7.07. The molecular weight excluding hydrogens is 426 g/mol. The number of carbonyl (C=O) groups excluding carboxylic acids is 5. The molecule has 0 radical (unpaired) electrons. The lowest BCUT2D eigenvalue weighted by atomic mass is 9.95. The Balaban J connectivity index is 1.20. The van der Waals surface area contributed by atoms with Crippen LogP contribution < -0.4 is 11.1 Å². The maximum atomic E-state index is 13.0. The van der Waals surface area contributed by atoms with Gasteiger partial charge in [-0.25, -0.2) is 0 Å². The Bertz CT molecular complexity index is 1040. The van der Waals surface area contributed by atoms with Gasteiger partial charge in [-0.1, -0.05) is 6.07 Å². The Morgan fingerprint density at radius 2 is 1.70 bits per heavy atom. The first kappa shape index (κ1) is 21.7.